The van der Waals surface area contributed by atoms with Gasteiger partial charge in [-0.1, -0.05) is 6.92 Å². The van der Waals surface area contributed by atoms with Crippen LogP contribution in [0.15, 0.2) is 36.9 Å². The van der Waals surface area contributed by atoms with Crippen LogP contribution in [-0.4, -0.2) is 20.0 Å². The molecular weight excluding hydrogens is 290 g/mol. The summed E-state index contributed by atoms with van der Waals surface area (Å²) in [4.78, 5) is 16.2. The lowest BCUT2D eigenvalue weighted by molar-refractivity contribution is 0.101. The predicted molar refractivity (Wildman–Crippen MR) is 88.1 cm³/mol. The van der Waals surface area contributed by atoms with Crippen molar-refractivity contribution in [3.05, 3.63) is 48.2 Å². The largest absolute Gasteiger partial charge is 0.346 e. The van der Waals surface area contributed by atoms with Gasteiger partial charge in [0, 0.05) is 36.4 Å². The molecule has 0 spiro atoms. The third-order valence-corrected chi connectivity index (χ3v) is 3.77. The number of benzene rings is 1. The summed E-state index contributed by atoms with van der Waals surface area (Å²) >= 11 is 0. The highest BCUT2D eigenvalue weighted by Crippen LogP contribution is 2.25. The normalized spacial score (nSPS) is 10.7. The number of aromatic nitrogens is 3. The number of amides is 1. The predicted octanol–water partition coefficient (Wildman–Crippen LogP) is 2.91. The van der Waals surface area contributed by atoms with Crippen LogP contribution >= 0.6 is 0 Å². The lowest BCUT2D eigenvalue weighted by Crippen LogP contribution is -2.15. The summed E-state index contributed by atoms with van der Waals surface area (Å²) in [5.74, 6) is -0.226. The molecular formula is C17H17N5O. The van der Waals surface area contributed by atoms with Crippen LogP contribution in [-0.2, 0) is 13.6 Å². The molecule has 0 radical (unpaired) electrons. The topological polar surface area (TPSA) is 75.6 Å². The van der Waals surface area contributed by atoms with Gasteiger partial charge in [-0.3, -0.25) is 4.79 Å². The number of rotatable bonds is 4. The molecule has 0 atom stereocenters. The molecule has 0 saturated carbocycles. The molecule has 0 unspecified atom stereocenters. The number of hydrogen-bond acceptors (Lipinski definition) is 3. The van der Waals surface area contributed by atoms with Gasteiger partial charge in [-0.25, -0.2) is 4.98 Å². The first-order valence-electron chi connectivity index (χ1n) is 7.44. The van der Waals surface area contributed by atoms with Gasteiger partial charge in [0.05, 0.1) is 18.1 Å². The molecule has 0 aliphatic heterocycles. The maximum absolute atomic E-state index is 12.3. The fourth-order valence-corrected chi connectivity index (χ4v) is 2.66. The van der Waals surface area contributed by atoms with Crippen molar-refractivity contribution in [1.82, 2.24) is 14.1 Å². The van der Waals surface area contributed by atoms with Crippen LogP contribution in [0.2, 0.25) is 0 Å². The molecule has 116 valence electrons. The van der Waals surface area contributed by atoms with Crippen molar-refractivity contribution in [1.29, 1.82) is 5.26 Å². The van der Waals surface area contributed by atoms with E-state index in [2.05, 4.69) is 27.9 Å². The van der Waals surface area contributed by atoms with Gasteiger partial charge in [-0.15, -0.1) is 0 Å². The number of carbonyl (C=O) groups excluding carboxylic acids is 1. The number of imidazole rings is 1. The first-order valence-corrected chi connectivity index (χ1v) is 7.44. The van der Waals surface area contributed by atoms with Crippen LogP contribution in [0.5, 0.6) is 0 Å². The average Bonchev–Trinajstić information content (AvgIpc) is 3.11. The summed E-state index contributed by atoms with van der Waals surface area (Å²) in [6.07, 6.45) is 5.96. The molecule has 6 heteroatoms. The molecule has 0 aliphatic carbocycles. The molecule has 2 aromatic heterocycles. The SMILES string of the molecule is CCCn1cc(C#N)c2cc(NC(=O)c3cncn3C)ccc21. The number of nitriles is 1. The number of aryl methyl sites for hydroxylation is 2. The lowest BCUT2D eigenvalue weighted by atomic mass is 10.1. The Labute approximate surface area is 134 Å². The minimum absolute atomic E-state index is 0.226. The minimum Gasteiger partial charge on any atom is -0.346 e. The molecule has 0 bridgehead atoms. The van der Waals surface area contributed by atoms with Crippen molar-refractivity contribution in [3.63, 3.8) is 0 Å². The van der Waals surface area contributed by atoms with E-state index in [1.165, 1.54) is 6.20 Å². The first-order chi connectivity index (χ1) is 11.1. The Morgan fingerprint density at radius 3 is 2.91 bits per heavy atom. The van der Waals surface area contributed by atoms with E-state index >= 15 is 0 Å². The second-order valence-corrected chi connectivity index (χ2v) is 5.42. The summed E-state index contributed by atoms with van der Waals surface area (Å²) in [6, 6.07) is 7.85. The maximum Gasteiger partial charge on any atom is 0.273 e. The van der Waals surface area contributed by atoms with E-state index in [4.69, 9.17) is 0 Å². The Morgan fingerprint density at radius 2 is 2.26 bits per heavy atom. The highest BCUT2D eigenvalue weighted by atomic mass is 16.1. The molecule has 23 heavy (non-hydrogen) atoms. The van der Waals surface area contributed by atoms with Crippen LogP contribution in [0, 0.1) is 11.3 Å². The first kappa shape index (κ1) is 14.9. The van der Waals surface area contributed by atoms with Crippen molar-refractivity contribution < 1.29 is 4.79 Å². The van der Waals surface area contributed by atoms with Crippen molar-refractivity contribution >= 4 is 22.5 Å². The molecule has 0 fully saturated rings. The van der Waals surface area contributed by atoms with E-state index < -0.39 is 0 Å². The van der Waals surface area contributed by atoms with Crippen LogP contribution in [0.25, 0.3) is 10.9 Å². The second-order valence-electron chi connectivity index (χ2n) is 5.42. The molecule has 1 N–H and O–H groups in total. The van der Waals surface area contributed by atoms with E-state index in [1.54, 1.807) is 17.9 Å². The van der Waals surface area contributed by atoms with Crippen LogP contribution < -0.4 is 5.32 Å². The summed E-state index contributed by atoms with van der Waals surface area (Å²) in [5, 5.41) is 13.0. The molecule has 2 heterocycles. The van der Waals surface area contributed by atoms with E-state index in [0.29, 0.717) is 16.9 Å². The van der Waals surface area contributed by atoms with E-state index in [9.17, 15) is 10.1 Å². The molecule has 0 saturated heterocycles. The van der Waals surface area contributed by atoms with Gasteiger partial charge < -0.3 is 14.5 Å². The Hall–Kier alpha value is -3.07. The second kappa shape index (κ2) is 5.97. The number of nitrogens with zero attached hydrogens (tertiary/aromatic N) is 4. The van der Waals surface area contributed by atoms with Crippen LogP contribution in [0.4, 0.5) is 5.69 Å². The zero-order valence-electron chi connectivity index (χ0n) is 13.1. The number of fused-ring (bicyclic) bond motifs is 1. The van der Waals surface area contributed by atoms with Gasteiger partial charge in [0.25, 0.3) is 5.91 Å². The molecule has 1 amide bonds. The molecule has 0 aliphatic rings. The van der Waals surface area contributed by atoms with Gasteiger partial charge in [-0.05, 0) is 24.6 Å². The number of anilines is 1. The summed E-state index contributed by atoms with van der Waals surface area (Å²) in [6.45, 7) is 2.96. The van der Waals surface area contributed by atoms with Crippen molar-refractivity contribution in [2.45, 2.75) is 19.9 Å². The van der Waals surface area contributed by atoms with Crippen LogP contribution in [0.3, 0.4) is 0 Å². The van der Waals surface area contributed by atoms with Crippen molar-refractivity contribution in [2.24, 2.45) is 7.05 Å². The Kier molecular flexibility index (Phi) is 3.85. The zero-order valence-corrected chi connectivity index (χ0v) is 13.1. The third kappa shape index (κ3) is 2.69. The zero-order chi connectivity index (χ0) is 16.4. The third-order valence-electron chi connectivity index (χ3n) is 3.77. The van der Waals surface area contributed by atoms with Gasteiger partial charge in [0.15, 0.2) is 0 Å². The van der Waals surface area contributed by atoms with Crippen molar-refractivity contribution in [2.75, 3.05) is 5.32 Å². The Bertz CT molecular complexity index is 913. The monoisotopic (exact) mass is 307 g/mol. The molecule has 3 aromatic rings. The quantitative estimate of drug-likeness (QED) is 0.805. The van der Waals surface area contributed by atoms with E-state index in [1.807, 2.05) is 24.4 Å². The maximum atomic E-state index is 12.3. The lowest BCUT2D eigenvalue weighted by Gasteiger charge is -2.07. The number of hydrogen-bond donors (Lipinski definition) is 1. The standard InChI is InChI=1S/C17H17N5O/c1-3-6-22-10-12(8-18)14-7-13(4-5-15(14)22)20-17(23)16-9-19-11-21(16)2/h4-5,7,9-11H,3,6H2,1-2H3,(H,20,23). The average molecular weight is 307 g/mol. The fraction of sp³-hybridized carbons (Fsp3) is 0.235. The van der Waals surface area contributed by atoms with Crippen LogP contribution in [0.1, 0.15) is 29.4 Å². The van der Waals surface area contributed by atoms with Gasteiger partial charge in [0.2, 0.25) is 0 Å². The number of carbonyl (C=O) groups is 1. The Balaban J connectivity index is 1.96. The summed E-state index contributed by atoms with van der Waals surface area (Å²) in [5.41, 5.74) is 2.76. The van der Waals surface area contributed by atoms with Gasteiger partial charge in [0.1, 0.15) is 11.8 Å². The van der Waals surface area contributed by atoms with Gasteiger partial charge in [-0.2, -0.15) is 5.26 Å². The molecule has 3 rings (SSSR count). The van der Waals surface area contributed by atoms with E-state index in [-0.39, 0.29) is 5.91 Å². The summed E-state index contributed by atoms with van der Waals surface area (Å²) in [7, 11) is 1.77. The summed E-state index contributed by atoms with van der Waals surface area (Å²) < 4.78 is 3.73. The van der Waals surface area contributed by atoms with E-state index in [0.717, 1.165) is 23.9 Å². The highest BCUT2D eigenvalue weighted by molar-refractivity contribution is 6.04. The fourth-order valence-electron chi connectivity index (χ4n) is 2.66. The van der Waals surface area contributed by atoms with Gasteiger partial charge >= 0.3 is 0 Å². The smallest absolute Gasteiger partial charge is 0.273 e. The molecule has 6 nitrogen and oxygen atoms in total. The number of nitrogens with one attached hydrogen (secondary N) is 1. The molecule has 1 aromatic carbocycles. The Morgan fingerprint density at radius 1 is 1.43 bits per heavy atom. The highest BCUT2D eigenvalue weighted by Gasteiger charge is 2.12. The minimum atomic E-state index is -0.226. The van der Waals surface area contributed by atoms with Crippen molar-refractivity contribution in [3.8, 4) is 6.07 Å².